The average Bonchev–Trinajstić information content (AvgIpc) is 2.64. The molecule has 0 aromatic rings. The number of fused-ring (bicyclic) bond motifs is 1. The number of ether oxygens (including phenoxy) is 1. The quantitative estimate of drug-likeness (QED) is 0.721. The Kier molecular flexibility index (Phi) is 3.69. The van der Waals surface area contributed by atoms with E-state index in [1.807, 2.05) is 0 Å². The van der Waals surface area contributed by atoms with E-state index < -0.39 is 0 Å². The molecular formula is C14H26N2O. The van der Waals surface area contributed by atoms with E-state index in [4.69, 9.17) is 10.5 Å². The lowest BCUT2D eigenvalue weighted by molar-refractivity contribution is -0.122. The molecule has 4 atom stereocenters. The Hall–Kier alpha value is -0.120. The van der Waals surface area contributed by atoms with Gasteiger partial charge < -0.3 is 15.8 Å². The summed E-state index contributed by atoms with van der Waals surface area (Å²) in [6.07, 6.45) is 11.2. The summed E-state index contributed by atoms with van der Waals surface area (Å²) < 4.78 is 5.89. The van der Waals surface area contributed by atoms with E-state index in [2.05, 4.69) is 5.32 Å². The van der Waals surface area contributed by atoms with Crippen molar-refractivity contribution in [1.29, 1.82) is 0 Å². The zero-order valence-corrected chi connectivity index (χ0v) is 10.7. The summed E-state index contributed by atoms with van der Waals surface area (Å²) in [4.78, 5) is 0. The molecule has 0 amide bonds. The van der Waals surface area contributed by atoms with E-state index in [1.54, 1.807) is 0 Å². The van der Waals surface area contributed by atoms with Crippen molar-refractivity contribution < 1.29 is 4.74 Å². The Bertz CT molecular complexity index is 251. The summed E-state index contributed by atoms with van der Waals surface area (Å²) in [6.45, 7) is 0.941. The second-order valence-electron chi connectivity index (χ2n) is 6.10. The zero-order chi connectivity index (χ0) is 11.7. The Balaban J connectivity index is 1.54. The first-order chi connectivity index (χ1) is 8.36. The van der Waals surface area contributed by atoms with Gasteiger partial charge in [-0.3, -0.25) is 0 Å². The maximum absolute atomic E-state index is 6.29. The minimum atomic E-state index is 0.337. The Morgan fingerprint density at radius 3 is 2.47 bits per heavy atom. The summed E-state index contributed by atoms with van der Waals surface area (Å²) >= 11 is 0. The molecular weight excluding hydrogens is 212 g/mol. The minimum absolute atomic E-state index is 0.337. The smallest absolute Gasteiger partial charge is 0.0786 e. The van der Waals surface area contributed by atoms with E-state index >= 15 is 0 Å². The number of nitrogens with one attached hydrogen (secondary N) is 1. The van der Waals surface area contributed by atoms with Gasteiger partial charge in [-0.05, 0) is 25.7 Å². The lowest BCUT2D eigenvalue weighted by atomic mass is 9.68. The van der Waals surface area contributed by atoms with Gasteiger partial charge in [0.25, 0.3) is 0 Å². The summed E-state index contributed by atoms with van der Waals surface area (Å²) in [5, 5.41) is 3.79. The molecule has 3 heteroatoms. The molecule has 3 aliphatic rings. The van der Waals surface area contributed by atoms with E-state index in [-0.39, 0.29) is 0 Å². The SMILES string of the molecule is NC1C2CCCOC2C1NC1CCCCCC1. The molecule has 1 aliphatic heterocycles. The molecule has 0 bridgehead atoms. The van der Waals surface area contributed by atoms with Crippen LogP contribution in [0.4, 0.5) is 0 Å². The highest BCUT2D eigenvalue weighted by molar-refractivity contribution is 5.08. The largest absolute Gasteiger partial charge is 0.376 e. The highest BCUT2D eigenvalue weighted by Gasteiger charge is 2.50. The van der Waals surface area contributed by atoms with E-state index in [1.165, 1.54) is 51.4 Å². The predicted molar refractivity (Wildman–Crippen MR) is 68.9 cm³/mol. The molecule has 0 radical (unpaired) electrons. The first kappa shape index (κ1) is 11.9. The van der Waals surface area contributed by atoms with Crippen molar-refractivity contribution in [2.75, 3.05) is 6.61 Å². The van der Waals surface area contributed by atoms with Gasteiger partial charge in [0.1, 0.15) is 0 Å². The predicted octanol–water partition coefficient (Wildman–Crippen LogP) is 1.80. The van der Waals surface area contributed by atoms with E-state index in [9.17, 15) is 0 Å². The van der Waals surface area contributed by atoms with Gasteiger partial charge in [0, 0.05) is 30.7 Å². The third-order valence-electron chi connectivity index (χ3n) is 4.96. The maximum Gasteiger partial charge on any atom is 0.0786 e. The van der Waals surface area contributed by atoms with Crippen LogP contribution in [0.2, 0.25) is 0 Å². The fourth-order valence-electron chi connectivity index (χ4n) is 3.87. The third-order valence-corrected chi connectivity index (χ3v) is 4.96. The van der Waals surface area contributed by atoms with Gasteiger partial charge in [0.15, 0.2) is 0 Å². The standard InChI is InChI=1S/C14H26N2O/c15-12-11-8-5-9-17-14(11)13(12)16-10-6-3-1-2-4-7-10/h10-14,16H,1-9,15H2. The van der Waals surface area contributed by atoms with E-state index in [0.29, 0.717) is 30.1 Å². The van der Waals surface area contributed by atoms with Gasteiger partial charge in [0.2, 0.25) is 0 Å². The van der Waals surface area contributed by atoms with E-state index in [0.717, 1.165) is 6.61 Å². The van der Waals surface area contributed by atoms with Crippen molar-refractivity contribution in [3.63, 3.8) is 0 Å². The third kappa shape index (κ3) is 2.38. The molecule has 98 valence electrons. The van der Waals surface area contributed by atoms with Gasteiger partial charge in [-0.15, -0.1) is 0 Å². The number of hydrogen-bond acceptors (Lipinski definition) is 3. The molecule has 2 aliphatic carbocycles. The van der Waals surface area contributed by atoms with Crippen molar-refractivity contribution in [2.45, 2.75) is 75.6 Å². The van der Waals surface area contributed by atoms with Crippen molar-refractivity contribution >= 4 is 0 Å². The summed E-state index contributed by atoms with van der Waals surface area (Å²) in [5.41, 5.74) is 6.29. The fourth-order valence-corrected chi connectivity index (χ4v) is 3.87. The van der Waals surface area contributed by atoms with Crippen LogP contribution in [-0.4, -0.2) is 30.8 Å². The molecule has 0 aromatic carbocycles. The fraction of sp³-hybridized carbons (Fsp3) is 1.00. The highest BCUT2D eigenvalue weighted by atomic mass is 16.5. The molecule has 3 nitrogen and oxygen atoms in total. The first-order valence-corrected chi connectivity index (χ1v) is 7.49. The summed E-state index contributed by atoms with van der Waals surface area (Å²) in [5.74, 6) is 0.632. The van der Waals surface area contributed by atoms with Crippen molar-refractivity contribution in [1.82, 2.24) is 5.32 Å². The zero-order valence-electron chi connectivity index (χ0n) is 10.7. The summed E-state index contributed by atoms with van der Waals surface area (Å²) in [6, 6.07) is 1.46. The Labute approximate surface area is 104 Å². The second kappa shape index (κ2) is 5.25. The number of hydrogen-bond donors (Lipinski definition) is 2. The van der Waals surface area contributed by atoms with Crippen LogP contribution in [0.1, 0.15) is 51.4 Å². The van der Waals surface area contributed by atoms with Crippen molar-refractivity contribution in [3.05, 3.63) is 0 Å². The van der Waals surface area contributed by atoms with Crippen LogP contribution in [0, 0.1) is 5.92 Å². The number of nitrogens with two attached hydrogens (primary N) is 1. The van der Waals surface area contributed by atoms with Crippen molar-refractivity contribution in [3.8, 4) is 0 Å². The van der Waals surface area contributed by atoms with Crippen LogP contribution in [0.15, 0.2) is 0 Å². The van der Waals surface area contributed by atoms with Gasteiger partial charge in [-0.25, -0.2) is 0 Å². The Morgan fingerprint density at radius 2 is 1.71 bits per heavy atom. The van der Waals surface area contributed by atoms with Crippen LogP contribution >= 0.6 is 0 Å². The maximum atomic E-state index is 6.29. The van der Waals surface area contributed by atoms with Crippen LogP contribution in [0.3, 0.4) is 0 Å². The van der Waals surface area contributed by atoms with Gasteiger partial charge in [0.05, 0.1) is 6.10 Å². The molecule has 0 aromatic heterocycles. The molecule has 3 fully saturated rings. The topological polar surface area (TPSA) is 47.3 Å². The lowest BCUT2D eigenvalue weighted by Crippen LogP contribution is -2.72. The molecule has 0 spiro atoms. The minimum Gasteiger partial charge on any atom is -0.376 e. The molecule has 1 heterocycles. The van der Waals surface area contributed by atoms with Crippen molar-refractivity contribution in [2.24, 2.45) is 11.7 Å². The average molecular weight is 238 g/mol. The lowest BCUT2D eigenvalue weighted by Gasteiger charge is -2.53. The Morgan fingerprint density at radius 1 is 0.941 bits per heavy atom. The monoisotopic (exact) mass is 238 g/mol. The first-order valence-electron chi connectivity index (χ1n) is 7.49. The molecule has 17 heavy (non-hydrogen) atoms. The van der Waals surface area contributed by atoms with Gasteiger partial charge in [-0.2, -0.15) is 0 Å². The van der Waals surface area contributed by atoms with Gasteiger partial charge >= 0.3 is 0 Å². The highest BCUT2D eigenvalue weighted by Crippen LogP contribution is 2.37. The summed E-state index contributed by atoms with van der Waals surface area (Å²) in [7, 11) is 0. The van der Waals surface area contributed by atoms with Crippen LogP contribution in [0.5, 0.6) is 0 Å². The number of rotatable bonds is 2. The molecule has 4 unspecified atom stereocenters. The normalized spacial score (nSPS) is 43.6. The molecule has 3 N–H and O–H groups in total. The molecule has 3 rings (SSSR count). The second-order valence-corrected chi connectivity index (χ2v) is 6.10. The van der Waals surface area contributed by atoms with Crippen LogP contribution in [0.25, 0.3) is 0 Å². The van der Waals surface area contributed by atoms with Crippen LogP contribution in [-0.2, 0) is 4.74 Å². The molecule has 1 saturated heterocycles. The van der Waals surface area contributed by atoms with Gasteiger partial charge in [-0.1, -0.05) is 25.7 Å². The van der Waals surface area contributed by atoms with Crippen LogP contribution < -0.4 is 11.1 Å². The molecule has 2 saturated carbocycles.